The van der Waals surface area contributed by atoms with Crippen LogP contribution in [0.5, 0.6) is 0 Å². The minimum absolute atomic E-state index is 0.0637. The Morgan fingerprint density at radius 2 is 1.87 bits per heavy atom. The van der Waals surface area contributed by atoms with E-state index in [0.29, 0.717) is 50.7 Å². The van der Waals surface area contributed by atoms with Crippen molar-refractivity contribution in [1.29, 1.82) is 0 Å². The predicted octanol–water partition coefficient (Wildman–Crippen LogP) is 3.08. The van der Waals surface area contributed by atoms with Crippen LogP contribution < -0.4 is 4.90 Å². The largest absolute Gasteiger partial charge is 0.387 e. The van der Waals surface area contributed by atoms with Crippen LogP contribution in [0.4, 0.5) is 10.2 Å². The molecule has 1 aliphatic carbocycles. The molecule has 2 saturated heterocycles. The molecule has 0 spiro atoms. The number of hydrogen-bond acceptors (Lipinski definition) is 7. The molecule has 206 valence electrons. The molecule has 5 atom stereocenters. The summed E-state index contributed by atoms with van der Waals surface area (Å²) in [5.74, 6) is 0.744. The van der Waals surface area contributed by atoms with E-state index in [9.17, 15) is 14.3 Å². The fourth-order valence-corrected chi connectivity index (χ4v) is 6.42. The Balaban J connectivity index is 1.29. The number of aliphatic hydroxyl groups is 1. The van der Waals surface area contributed by atoms with Crippen molar-refractivity contribution in [3.63, 3.8) is 0 Å². The number of fused-ring (bicyclic) bond motifs is 1. The number of piperazine rings is 1. The number of amides is 1. The van der Waals surface area contributed by atoms with Crippen molar-refractivity contribution in [2.24, 2.45) is 0 Å². The van der Waals surface area contributed by atoms with Gasteiger partial charge >= 0.3 is 0 Å². The summed E-state index contributed by atoms with van der Waals surface area (Å²) in [6, 6.07) is 7.37. The topological polar surface area (TPSA) is 76.0 Å². The average molecular weight is 545 g/mol. The van der Waals surface area contributed by atoms with Crippen molar-refractivity contribution in [1.82, 2.24) is 24.7 Å². The summed E-state index contributed by atoms with van der Waals surface area (Å²) in [7, 11) is 3.84. The zero-order valence-electron chi connectivity index (χ0n) is 22.4. The van der Waals surface area contributed by atoms with Crippen LogP contribution in [-0.2, 0) is 4.79 Å². The fourth-order valence-electron chi connectivity index (χ4n) is 6.30. The van der Waals surface area contributed by atoms with E-state index in [0.717, 1.165) is 35.6 Å². The molecule has 3 heterocycles. The Kier molecular flexibility index (Phi) is 8.19. The number of piperidine rings is 1. The lowest BCUT2D eigenvalue weighted by molar-refractivity contribution is -0.133. The normalized spacial score (nSPS) is 27.0. The number of anilines is 1. The van der Waals surface area contributed by atoms with Gasteiger partial charge in [-0.05, 0) is 57.1 Å². The molecule has 1 amide bonds. The lowest BCUT2D eigenvalue weighted by atomic mass is 9.94. The second-order valence-corrected chi connectivity index (χ2v) is 11.6. The molecule has 1 N–H and O–H groups in total. The van der Waals surface area contributed by atoms with Crippen molar-refractivity contribution in [3.05, 3.63) is 52.4 Å². The number of aliphatic hydroxyl groups excluding tert-OH is 1. The van der Waals surface area contributed by atoms with E-state index in [1.165, 1.54) is 6.33 Å². The summed E-state index contributed by atoms with van der Waals surface area (Å²) in [6.45, 7) is 6.14. The van der Waals surface area contributed by atoms with E-state index in [1.807, 2.05) is 48.2 Å². The van der Waals surface area contributed by atoms with E-state index in [-0.39, 0.29) is 23.8 Å². The molecule has 8 nitrogen and oxygen atoms in total. The molecule has 2 fully saturated rings. The molecule has 0 radical (unpaired) electrons. The molecule has 3 unspecified atom stereocenters. The van der Waals surface area contributed by atoms with Crippen molar-refractivity contribution < 1.29 is 14.3 Å². The number of likely N-dealkylation sites (tertiary alicyclic amines) is 1. The highest BCUT2D eigenvalue weighted by Gasteiger charge is 2.37. The molecular formula is C28H38ClFN6O2. The first-order valence-corrected chi connectivity index (χ1v) is 14.0. The van der Waals surface area contributed by atoms with Crippen LogP contribution in [0.25, 0.3) is 0 Å². The summed E-state index contributed by atoms with van der Waals surface area (Å²) < 4.78 is 14.9. The van der Waals surface area contributed by atoms with Gasteiger partial charge in [0, 0.05) is 55.9 Å². The number of hydrogen-bond donors (Lipinski definition) is 1. The van der Waals surface area contributed by atoms with Gasteiger partial charge in [-0.2, -0.15) is 0 Å². The van der Waals surface area contributed by atoms with Gasteiger partial charge in [-0.3, -0.25) is 9.69 Å². The fraction of sp³-hybridized carbons (Fsp3) is 0.607. The molecule has 2 aliphatic heterocycles. The Hall–Kier alpha value is -2.33. The first kappa shape index (κ1) is 27.2. The smallest absolute Gasteiger partial charge is 0.231 e. The van der Waals surface area contributed by atoms with E-state index >= 15 is 0 Å². The standard InChI is InChI=1S/C28H38ClFN6O2/c1-18-14-24(37)26-25(18)27(32-17-31-26)35-10-12-36(13-11-35)28(38)21(19-4-6-20(29)7-5-19)15-34-9-8-23(33(2)3)22(30)16-34/h4-7,17-18,21-24,37H,8-16H2,1-3H3/t18-,21?,22?,23?,24-/m1/s1. The maximum absolute atomic E-state index is 14.9. The molecule has 3 aliphatic rings. The van der Waals surface area contributed by atoms with Crippen LogP contribution in [0, 0.1) is 0 Å². The maximum Gasteiger partial charge on any atom is 0.231 e. The van der Waals surface area contributed by atoms with Crippen LogP contribution >= 0.6 is 11.6 Å². The van der Waals surface area contributed by atoms with Gasteiger partial charge in [0.15, 0.2) is 0 Å². The third kappa shape index (κ3) is 5.52. The molecule has 0 bridgehead atoms. The zero-order valence-corrected chi connectivity index (χ0v) is 23.2. The third-order valence-corrected chi connectivity index (χ3v) is 8.69. The van der Waals surface area contributed by atoms with Crippen LogP contribution in [-0.4, -0.2) is 108 Å². The number of alkyl halides is 1. The summed E-state index contributed by atoms with van der Waals surface area (Å²) in [4.78, 5) is 31.0. The minimum atomic E-state index is -0.946. The summed E-state index contributed by atoms with van der Waals surface area (Å²) in [6.07, 6.45) is 1.44. The SMILES string of the molecule is C[C@@H]1C[C@@H](O)c2ncnc(N3CCN(C(=O)C(CN4CCC(N(C)C)C(F)C4)c4ccc(Cl)cc4)CC3)c21. The molecule has 0 saturated carbocycles. The van der Waals surface area contributed by atoms with E-state index in [1.54, 1.807) is 0 Å². The van der Waals surface area contributed by atoms with Gasteiger partial charge in [-0.1, -0.05) is 30.7 Å². The first-order valence-electron chi connectivity index (χ1n) is 13.6. The monoisotopic (exact) mass is 544 g/mol. The molecule has 38 heavy (non-hydrogen) atoms. The maximum atomic E-state index is 14.9. The Bertz CT molecular complexity index is 1130. The minimum Gasteiger partial charge on any atom is -0.387 e. The third-order valence-electron chi connectivity index (χ3n) is 8.44. The molecule has 1 aromatic heterocycles. The number of benzene rings is 1. The summed E-state index contributed by atoms with van der Waals surface area (Å²) in [5, 5.41) is 11.0. The number of carbonyl (C=O) groups is 1. The number of nitrogens with zero attached hydrogens (tertiary/aromatic N) is 6. The Labute approximate surface area is 229 Å². The second kappa shape index (κ2) is 11.4. The van der Waals surface area contributed by atoms with Crippen molar-refractivity contribution in [2.75, 3.05) is 64.8 Å². The number of halogens is 2. The lowest BCUT2D eigenvalue weighted by Gasteiger charge is -2.41. The molecular weight excluding hydrogens is 507 g/mol. The predicted molar refractivity (Wildman–Crippen MR) is 146 cm³/mol. The van der Waals surface area contributed by atoms with Gasteiger partial charge in [0.1, 0.15) is 18.3 Å². The van der Waals surface area contributed by atoms with E-state index in [4.69, 9.17) is 11.6 Å². The highest BCUT2D eigenvalue weighted by molar-refractivity contribution is 6.30. The van der Waals surface area contributed by atoms with Crippen molar-refractivity contribution in [2.45, 2.75) is 49.9 Å². The van der Waals surface area contributed by atoms with Gasteiger partial charge in [0.2, 0.25) is 5.91 Å². The highest BCUT2D eigenvalue weighted by Crippen LogP contribution is 2.42. The molecule has 1 aromatic carbocycles. The lowest BCUT2D eigenvalue weighted by Crippen LogP contribution is -2.54. The number of aromatic nitrogens is 2. The van der Waals surface area contributed by atoms with E-state index < -0.39 is 12.3 Å². The van der Waals surface area contributed by atoms with Crippen LogP contribution in [0.3, 0.4) is 0 Å². The molecule has 2 aromatic rings. The quantitative estimate of drug-likeness (QED) is 0.599. The Morgan fingerprint density at radius 1 is 1.16 bits per heavy atom. The van der Waals surface area contributed by atoms with Gasteiger partial charge in [-0.15, -0.1) is 0 Å². The second-order valence-electron chi connectivity index (χ2n) is 11.2. The van der Waals surface area contributed by atoms with Crippen LogP contribution in [0.2, 0.25) is 5.02 Å². The van der Waals surface area contributed by atoms with Crippen molar-refractivity contribution >= 4 is 23.3 Å². The van der Waals surface area contributed by atoms with Gasteiger partial charge in [0.25, 0.3) is 0 Å². The number of carbonyl (C=O) groups excluding carboxylic acids is 1. The van der Waals surface area contributed by atoms with Gasteiger partial charge in [0.05, 0.1) is 17.7 Å². The highest BCUT2D eigenvalue weighted by atomic mass is 35.5. The molecule has 10 heteroatoms. The number of rotatable bonds is 6. The summed E-state index contributed by atoms with van der Waals surface area (Å²) >= 11 is 6.14. The zero-order chi connectivity index (χ0) is 27.0. The van der Waals surface area contributed by atoms with Crippen LogP contribution in [0.1, 0.15) is 54.5 Å². The van der Waals surface area contributed by atoms with Crippen LogP contribution in [0.15, 0.2) is 30.6 Å². The van der Waals surface area contributed by atoms with Gasteiger partial charge in [-0.25, -0.2) is 14.4 Å². The summed E-state index contributed by atoms with van der Waals surface area (Å²) in [5.41, 5.74) is 2.66. The first-order chi connectivity index (χ1) is 18.2. The van der Waals surface area contributed by atoms with E-state index in [2.05, 4.69) is 26.7 Å². The molecule has 5 rings (SSSR count). The Morgan fingerprint density at radius 3 is 2.53 bits per heavy atom. The van der Waals surface area contributed by atoms with Crippen molar-refractivity contribution in [3.8, 4) is 0 Å². The van der Waals surface area contributed by atoms with Gasteiger partial charge < -0.3 is 19.8 Å². The average Bonchev–Trinajstić information content (AvgIpc) is 3.21.